The molecule has 0 unspecified atom stereocenters. The largest absolute Gasteiger partial charge is 0.456 e. The van der Waals surface area contributed by atoms with Gasteiger partial charge < -0.3 is 8.83 Å². The Balaban J connectivity index is 0.920. The van der Waals surface area contributed by atoms with Crippen molar-refractivity contribution in [1.82, 2.24) is 4.98 Å². The van der Waals surface area contributed by atoms with E-state index in [1.54, 1.807) is 18.0 Å². The van der Waals surface area contributed by atoms with E-state index < -0.39 is 0 Å². The summed E-state index contributed by atoms with van der Waals surface area (Å²) in [4.78, 5) is 6.79. The Kier molecular flexibility index (Phi) is 7.07. The molecule has 10 rings (SSSR count). The fraction of sp³-hybridized carbons (Fsp3) is 0. The molecule has 0 saturated heterocycles. The zero-order valence-electron chi connectivity index (χ0n) is 27.4. The Morgan fingerprint density at radius 2 is 0.804 bits per heavy atom. The molecule has 0 aliphatic rings. The van der Waals surface area contributed by atoms with Crippen molar-refractivity contribution in [2.24, 2.45) is 0 Å². The molecule has 3 nitrogen and oxygen atoms in total. The lowest BCUT2D eigenvalue weighted by atomic mass is 9.98. The van der Waals surface area contributed by atoms with Crippen LogP contribution in [0.25, 0.3) is 88.5 Å². The second kappa shape index (κ2) is 12.2. The van der Waals surface area contributed by atoms with Gasteiger partial charge in [0, 0.05) is 37.5 Å². The lowest BCUT2D eigenvalue weighted by Gasteiger charge is -2.10. The zero-order chi connectivity index (χ0) is 33.7. The van der Waals surface area contributed by atoms with Crippen LogP contribution in [0.1, 0.15) is 0 Å². The van der Waals surface area contributed by atoms with Crippen LogP contribution in [0.2, 0.25) is 0 Å². The van der Waals surface area contributed by atoms with Crippen molar-refractivity contribution in [2.45, 2.75) is 9.79 Å². The van der Waals surface area contributed by atoms with Crippen LogP contribution in [-0.4, -0.2) is 4.98 Å². The van der Waals surface area contributed by atoms with Gasteiger partial charge >= 0.3 is 0 Å². The molecule has 3 aromatic heterocycles. The van der Waals surface area contributed by atoms with Gasteiger partial charge in [-0.3, -0.25) is 0 Å². The molecule has 0 aliphatic carbocycles. The molecular formula is C47H29NO2S. The second-order valence-electron chi connectivity index (χ2n) is 12.8. The van der Waals surface area contributed by atoms with Crippen molar-refractivity contribution < 1.29 is 8.83 Å². The molecule has 0 aliphatic heterocycles. The van der Waals surface area contributed by atoms with Crippen LogP contribution in [0.15, 0.2) is 195 Å². The maximum Gasteiger partial charge on any atom is 0.227 e. The van der Waals surface area contributed by atoms with Crippen molar-refractivity contribution in [3.63, 3.8) is 0 Å². The molecule has 240 valence electrons. The van der Waals surface area contributed by atoms with Crippen molar-refractivity contribution in [1.29, 1.82) is 0 Å². The van der Waals surface area contributed by atoms with Crippen molar-refractivity contribution in [3.8, 4) is 44.5 Å². The van der Waals surface area contributed by atoms with Gasteiger partial charge in [0.25, 0.3) is 0 Å². The number of rotatable bonds is 6. The maximum atomic E-state index is 6.07. The number of hydrogen-bond acceptors (Lipinski definition) is 4. The number of benzene rings is 7. The van der Waals surface area contributed by atoms with Crippen LogP contribution in [0, 0.1) is 0 Å². The van der Waals surface area contributed by atoms with Crippen LogP contribution >= 0.6 is 11.8 Å². The number of nitrogens with zero attached hydrogens (tertiary/aromatic N) is 1. The van der Waals surface area contributed by atoms with Crippen molar-refractivity contribution >= 4 is 55.8 Å². The quantitative estimate of drug-likeness (QED) is 0.176. The molecule has 51 heavy (non-hydrogen) atoms. The first-order valence-electron chi connectivity index (χ1n) is 17.0. The van der Waals surface area contributed by atoms with Crippen LogP contribution < -0.4 is 0 Å². The highest BCUT2D eigenvalue weighted by Gasteiger charge is 2.12. The summed E-state index contributed by atoms with van der Waals surface area (Å²) in [6, 6.07) is 60.3. The van der Waals surface area contributed by atoms with Gasteiger partial charge in [0.2, 0.25) is 5.71 Å². The average molecular weight is 672 g/mol. The average Bonchev–Trinajstić information content (AvgIpc) is 3.76. The van der Waals surface area contributed by atoms with Crippen LogP contribution in [0.5, 0.6) is 0 Å². The predicted molar refractivity (Wildman–Crippen MR) is 211 cm³/mol. The molecule has 0 spiro atoms. The monoisotopic (exact) mass is 671 g/mol. The van der Waals surface area contributed by atoms with E-state index in [0.717, 1.165) is 43.9 Å². The summed E-state index contributed by atoms with van der Waals surface area (Å²) in [7, 11) is 0. The fourth-order valence-electron chi connectivity index (χ4n) is 7.07. The van der Waals surface area contributed by atoms with Crippen molar-refractivity contribution in [3.05, 3.63) is 176 Å². The van der Waals surface area contributed by atoms with E-state index in [2.05, 4.69) is 151 Å². The Bertz CT molecular complexity index is 2720. The minimum atomic E-state index is 0.671. The normalized spacial score (nSPS) is 11.6. The minimum Gasteiger partial charge on any atom is -0.456 e. The maximum absolute atomic E-state index is 6.07. The van der Waals surface area contributed by atoms with E-state index in [9.17, 15) is 0 Å². The third-order valence-corrected chi connectivity index (χ3v) is 10.6. The van der Waals surface area contributed by atoms with Gasteiger partial charge in [0.05, 0.1) is 0 Å². The molecule has 0 N–H and O–H groups in total. The van der Waals surface area contributed by atoms with Crippen LogP contribution in [0.3, 0.4) is 0 Å². The summed E-state index contributed by atoms with van der Waals surface area (Å²) in [6.45, 7) is 0. The third kappa shape index (κ3) is 5.47. The predicted octanol–water partition coefficient (Wildman–Crippen LogP) is 13.7. The summed E-state index contributed by atoms with van der Waals surface area (Å²) in [6.07, 6.45) is 1.77. The number of pyridine rings is 1. The summed E-state index contributed by atoms with van der Waals surface area (Å²) in [5.74, 6) is 0. The topological polar surface area (TPSA) is 39.2 Å². The van der Waals surface area contributed by atoms with Gasteiger partial charge in [0.1, 0.15) is 16.7 Å². The van der Waals surface area contributed by atoms with Gasteiger partial charge in [-0.05, 0) is 123 Å². The Morgan fingerprint density at radius 3 is 1.43 bits per heavy atom. The van der Waals surface area contributed by atoms with Gasteiger partial charge in [0.15, 0.2) is 0 Å². The Labute approximate surface area is 298 Å². The van der Waals surface area contributed by atoms with Gasteiger partial charge in [-0.2, -0.15) is 0 Å². The zero-order valence-corrected chi connectivity index (χ0v) is 28.2. The van der Waals surface area contributed by atoms with Crippen LogP contribution in [0.4, 0.5) is 0 Å². The number of fused-ring (bicyclic) bond motifs is 6. The number of hydrogen-bond donors (Lipinski definition) is 0. The number of para-hydroxylation sites is 1. The highest BCUT2D eigenvalue weighted by molar-refractivity contribution is 7.99. The van der Waals surface area contributed by atoms with Crippen LogP contribution in [-0.2, 0) is 0 Å². The summed E-state index contributed by atoms with van der Waals surface area (Å²) in [5, 5.41) is 4.40. The molecule has 3 heterocycles. The molecular weight excluding hydrogens is 643 g/mol. The molecule has 0 radical (unpaired) electrons. The third-order valence-electron chi connectivity index (χ3n) is 9.59. The van der Waals surface area contributed by atoms with E-state index >= 15 is 0 Å². The second-order valence-corrected chi connectivity index (χ2v) is 13.9. The van der Waals surface area contributed by atoms with E-state index in [1.807, 2.05) is 24.3 Å². The smallest absolute Gasteiger partial charge is 0.227 e. The molecule has 0 bridgehead atoms. The molecule has 10 aromatic rings. The lowest BCUT2D eigenvalue weighted by Crippen LogP contribution is -1.84. The molecule has 0 fully saturated rings. The summed E-state index contributed by atoms with van der Waals surface area (Å²) in [5.41, 5.74) is 12.8. The van der Waals surface area contributed by atoms with E-state index in [4.69, 9.17) is 8.83 Å². The Morgan fingerprint density at radius 1 is 0.333 bits per heavy atom. The molecule has 0 atom stereocenters. The first-order chi connectivity index (χ1) is 25.2. The van der Waals surface area contributed by atoms with E-state index in [-0.39, 0.29) is 0 Å². The highest BCUT2D eigenvalue weighted by atomic mass is 32.2. The van der Waals surface area contributed by atoms with E-state index in [1.165, 1.54) is 48.7 Å². The molecule has 4 heteroatoms. The van der Waals surface area contributed by atoms with E-state index in [0.29, 0.717) is 5.71 Å². The van der Waals surface area contributed by atoms with Gasteiger partial charge in [-0.15, -0.1) is 0 Å². The molecule has 7 aromatic carbocycles. The summed E-state index contributed by atoms with van der Waals surface area (Å²) >= 11 is 1.79. The van der Waals surface area contributed by atoms with Gasteiger partial charge in [-0.25, -0.2) is 4.98 Å². The number of aromatic nitrogens is 1. The molecule has 0 saturated carbocycles. The first-order valence-corrected chi connectivity index (χ1v) is 17.8. The standard InChI is InChI=1S/C47H29NO2S/c1-2-18-44-40(16-1)42-28-36(19-21-45(42)49-44)32-10-3-8-30(24-32)34-12-5-14-38(26-34)51-39-15-6-13-35(27-39)31-9-4-11-33(25-31)37-20-22-46-43(29-37)41-17-7-23-48-47(41)50-46/h1-29H. The Hall–Kier alpha value is -6.36. The SMILES string of the molecule is c1cc(Sc2cccc(-c3cccc(-c4ccc5oc6ncccc6c5c4)c3)c2)cc(-c2cccc(-c3ccc4oc5ccccc5c4c3)c2)c1. The number of furan rings is 2. The fourth-order valence-corrected chi connectivity index (χ4v) is 8.00. The van der Waals surface area contributed by atoms with Gasteiger partial charge in [-0.1, -0.05) is 103 Å². The first kappa shape index (κ1) is 29.5. The molecule has 0 amide bonds. The van der Waals surface area contributed by atoms with Crippen molar-refractivity contribution in [2.75, 3.05) is 0 Å². The summed E-state index contributed by atoms with van der Waals surface area (Å²) < 4.78 is 12.0. The minimum absolute atomic E-state index is 0.671. The highest BCUT2D eigenvalue weighted by Crippen LogP contribution is 2.37. The lowest BCUT2D eigenvalue weighted by molar-refractivity contribution is 0.654.